The Labute approximate surface area is 155 Å². The highest BCUT2D eigenvalue weighted by molar-refractivity contribution is 6.06. The highest BCUT2D eigenvalue weighted by Crippen LogP contribution is 2.31. The molecule has 0 aromatic heterocycles. The number of rotatable bonds is 5. The van der Waals surface area contributed by atoms with Gasteiger partial charge in [0.05, 0.1) is 5.54 Å². The smallest absolute Gasteiger partial charge is 0.255 e. The summed E-state index contributed by atoms with van der Waals surface area (Å²) in [7, 11) is 1.88. The number of carbonyl (C=O) groups is 2. The van der Waals surface area contributed by atoms with E-state index in [4.69, 9.17) is 0 Å². The van der Waals surface area contributed by atoms with E-state index >= 15 is 0 Å². The summed E-state index contributed by atoms with van der Waals surface area (Å²) < 4.78 is 0. The van der Waals surface area contributed by atoms with E-state index in [1.165, 1.54) is 6.42 Å². The number of hydrogen-bond acceptors (Lipinski definition) is 3. The molecule has 3 rings (SSSR count). The van der Waals surface area contributed by atoms with Crippen LogP contribution in [-0.4, -0.2) is 24.3 Å². The van der Waals surface area contributed by atoms with Crippen molar-refractivity contribution in [2.45, 2.75) is 44.6 Å². The fourth-order valence-electron chi connectivity index (χ4n) is 3.75. The van der Waals surface area contributed by atoms with Gasteiger partial charge in [0.2, 0.25) is 0 Å². The van der Waals surface area contributed by atoms with Gasteiger partial charge in [0.1, 0.15) is 0 Å². The van der Waals surface area contributed by atoms with Crippen molar-refractivity contribution in [1.82, 2.24) is 5.32 Å². The van der Waals surface area contributed by atoms with Gasteiger partial charge in [0, 0.05) is 16.8 Å². The first-order chi connectivity index (χ1) is 12.6. The van der Waals surface area contributed by atoms with Crippen LogP contribution in [0, 0.1) is 6.92 Å². The second kappa shape index (κ2) is 7.83. The molecule has 1 saturated carbocycles. The fourth-order valence-corrected chi connectivity index (χ4v) is 3.75. The number of benzene rings is 2. The number of carbonyl (C=O) groups excluding carboxylic acids is 2. The maximum atomic E-state index is 13.0. The lowest BCUT2D eigenvalue weighted by atomic mass is 9.76. The molecule has 4 heteroatoms. The minimum absolute atomic E-state index is 0.138. The molecule has 0 heterocycles. The Balaban J connectivity index is 1.73. The standard InChI is InChI=1S/C22H26N2O2/c1-16-8-4-5-9-19(16)21(26)24-18-12-10-17(11-13-18)20(25)22(23-2)14-6-3-7-15-22/h4-5,8-13,23H,3,6-7,14-15H2,1-2H3,(H,24,26). The first-order valence-corrected chi connectivity index (χ1v) is 9.26. The van der Waals surface area contributed by atoms with Crippen LogP contribution in [0.1, 0.15) is 58.4 Å². The van der Waals surface area contributed by atoms with Gasteiger partial charge in [-0.2, -0.15) is 0 Å². The summed E-state index contributed by atoms with van der Waals surface area (Å²) in [6.45, 7) is 1.91. The topological polar surface area (TPSA) is 58.2 Å². The number of anilines is 1. The Morgan fingerprint density at radius 2 is 1.58 bits per heavy atom. The molecule has 2 aromatic rings. The van der Waals surface area contributed by atoms with E-state index in [2.05, 4.69) is 10.6 Å². The van der Waals surface area contributed by atoms with Gasteiger partial charge in [-0.15, -0.1) is 0 Å². The number of Topliss-reactive ketones (excluding diaryl/α,β-unsaturated/α-hetero) is 1. The van der Waals surface area contributed by atoms with Crippen molar-refractivity contribution >= 4 is 17.4 Å². The Morgan fingerprint density at radius 3 is 2.19 bits per heavy atom. The average molecular weight is 350 g/mol. The molecule has 2 N–H and O–H groups in total. The van der Waals surface area contributed by atoms with E-state index in [-0.39, 0.29) is 11.7 Å². The zero-order chi connectivity index (χ0) is 18.6. The Hall–Kier alpha value is -2.46. The highest BCUT2D eigenvalue weighted by Gasteiger charge is 2.38. The average Bonchev–Trinajstić information content (AvgIpc) is 2.69. The van der Waals surface area contributed by atoms with Crippen LogP contribution in [0.15, 0.2) is 48.5 Å². The SMILES string of the molecule is CNC1(C(=O)c2ccc(NC(=O)c3ccccc3C)cc2)CCCCC1. The molecule has 1 aliphatic rings. The maximum absolute atomic E-state index is 13.0. The summed E-state index contributed by atoms with van der Waals surface area (Å²) in [5, 5.41) is 6.17. The summed E-state index contributed by atoms with van der Waals surface area (Å²) in [4.78, 5) is 25.4. The zero-order valence-electron chi connectivity index (χ0n) is 15.5. The fraction of sp³-hybridized carbons (Fsp3) is 0.364. The monoisotopic (exact) mass is 350 g/mol. The number of hydrogen-bond donors (Lipinski definition) is 2. The summed E-state index contributed by atoms with van der Waals surface area (Å²) in [5.74, 6) is 0.0117. The molecule has 0 atom stereocenters. The van der Waals surface area contributed by atoms with Gasteiger partial charge < -0.3 is 10.6 Å². The first-order valence-electron chi connectivity index (χ1n) is 9.26. The Kier molecular flexibility index (Phi) is 5.52. The number of amides is 1. The van der Waals surface area contributed by atoms with Crippen molar-refractivity contribution in [1.29, 1.82) is 0 Å². The van der Waals surface area contributed by atoms with Crippen molar-refractivity contribution in [2.24, 2.45) is 0 Å². The number of ketones is 1. The Morgan fingerprint density at radius 1 is 0.923 bits per heavy atom. The van der Waals surface area contributed by atoms with E-state index in [1.54, 1.807) is 12.1 Å². The molecular formula is C22H26N2O2. The van der Waals surface area contributed by atoms with Gasteiger partial charge >= 0.3 is 0 Å². The zero-order valence-corrected chi connectivity index (χ0v) is 15.5. The molecule has 0 radical (unpaired) electrons. The van der Waals surface area contributed by atoms with Crippen molar-refractivity contribution in [3.8, 4) is 0 Å². The molecule has 136 valence electrons. The van der Waals surface area contributed by atoms with E-state index in [1.807, 2.05) is 50.4 Å². The van der Waals surface area contributed by atoms with Crippen molar-refractivity contribution in [3.05, 3.63) is 65.2 Å². The third-order valence-corrected chi connectivity index (χ3v) is 5.41. The molecule has 2 aromatic carbocycles. The molecular weight excluding hydrogens is 324 g/mol. The van der Waals surface area contributed by atoms with Crippen LogP contribution in [0.2, 0.25) is 0 Å². The molecule has 26 heavy (non-hydrogen) atoms. The van der Waals surface area contributed by atoms with Crippen LogP contribution in [0.25, 0.3) is 0 Å². The van der Waals surface area contributed by atoms with Crippen LogP contribution >= 0.6 is 0 Å². The number of nitrogens with one attached hydrogen (secondary N) is 2. The third kappa shape index (κ3) is 3.70. The maximum Gasteiger partial charge on any atom is 0.255 e. The lowest BCUT2D eigenvalue weighted by Crippen LogP contribution is -2.51. The second-order valence-electron chi connectivity index (χ2n) is 7.07. The lowest BCUT2D eigenvalue weighted by Gasteiger charge is -2.35. The number of aryl methyl sites for hydroxylation is 1. The van der Waals surface area contributed by atoms with Gasteiger partial charge in [-0.05, 0) is 62.7 Å². The first kappa shape index (κ1) is 18.3. The Bertz CT molecular complexity index is 790. The highest BCUT2D eigenvalue weighted by atomic mass is 16.1. The molecule has 1 amide bonds. The van der Waals surface area contributed by atoms with Crippen molar-refractivity contribution in [3.63, 3.8) is 0 Å². The molecule has 0 bridgehead atoms. The van der Waals surface area contributed by atoms with Gasteiger partial charge in [-0.3, -0.25) is 9.59 Å². The quantitative estimate of drug-likeness (QED) is 0.788. The van der Waals surface area contributed by atoms with Crippen LogP contribution < -0.4 is 10.6 Å². The minimum Gasteiger partial charge on any atom is -0.322 e. The van der Waals surface area contributed by atoms with E-state index in [0.29, 0.717) is 16.8 Å². The van der Waals surface area contributed by atoms with Gasteiger partial charge in [0.15, 0.2) is 5.78 Å². The van der Waals surface area contributed by atoms with Gasteiger partial charge in [-0.25, -0.2) is 0 Å². The summed E-state index contributed by atoms with van der Waals surface area (Å²) in [5.41, 5.74) is 2.53. The normalized spacial score (nSPS) is 16.1. The predicted molar refractivity (Wildman–Crippen MR) is 105 cm³/mol. The predicted octanol–water partition coefficient (Wildman–Crippen LogP) is 4.35. The second-order valence-corrected chi connectivity index (χ2v) is 7.07. The molecule has 0 unspecified atom stereocenters. The van der Waals surface area contributed by atoms with Crippen molar-refractivity contribution < 1.29 is 9.59 Å². The van der Waals surface area contributed by atoms with E-state index < -0.39 is 5.54 Å². The minimum atomic E-state index is -0.440. The van der Waals surface area contributed by atoms with Crippen molar-refractivity contribution in [2.75, 3.05) is 12.4 Å². The third-order valence-electron chi connectivity index (χ3n) is 5.41. The molecule has 1 fully saturated rings. The molecule has 0 spiro atoms. The number of likely N-dealkylation sites (N-methyl/N-ethyl adjacent to an activating group) is 1. The van der Waals surface area contributed by atoms with Gasteiger partial charge in [0.25, 0.3) is 5.91 Å². The molecule has 1 aliphatic carbocycles. The van der Waals surface area contributed by atoms with E-state index in [0.717, 1.165) is 31.2 Å². The summed E-state index contributed by atoms with van der Waals surface area (Å²) in [6.07, 6.45) is 5.12. The van der Waals surface area contributed by atoms with Gasteiger partial charge in [-0.1, -0.05) is 37.5 Å². The summed E-state index contributed by atoms with van der Waals surface area (Å²) in [6, 6.07) is 14.7. The van der Waals surface area contributed by atoms with Crippen LogP contribution in [-0.2, 0) is 0 Å². The molecule has 0 aliphatic heterocycles. The molecule has 0 saturated heterocycles. The largest absolute Gasteiger partial charge is 0.322 e. The lowest BCUT2D eigenvalue weighted by molar-refractivity contribution is 0.0807. The van der Waals surface area contributed by atoms with Crippen LogP contribution in [0.4, 0.5) is 5.69 Å². The molecule has 4 nitrogen and oxygen atoms in total. The van der Waals surface area contributed by atoms with Crippen LogP contribution in [0.3, 0.4) is 0 Å². The summed E-state index contributed by atoms with van der Waals surface area (Å²) >= 11 is 0. The van der Waals surface area contributed by atoms with E-state index in [9.17, 15) is 9.59 Å². The van der Waals surface area contributed by atoms with Crippen LogP contribution in [0.5, 0.6) is 0 Å².